The average Bonchev–Trinajstić information content (AvgIpc) is 2.67. The number of phenols is 1. The van der Waals surface area contributed by atoms with Crippen LogP contribution in [0.2, 0.25) is 0 Å². The van der Waals surface area contributed by atoms with Crippen LogP contribution in [0.1, 0.15) is 18.5 Å². The van der Waals surface area contributed by atoms with Gasteiger partial charge in [-0.3, -0.25) is 0 Å². The molecule has 0 amide bonds. The van der Waals surface area contributed by atoms with Crippen LogP contribution in [0, 0.1) is 0 Å². The average molecular weight is 266 g/mol. The third-order valence-corrected chi connectivity index (χ3v) is 3.16. The van der Waals surface area contributed by atoms with E-state index in [0.717, 1.165) is 5.56 Å². The number of phenolic OH excluding ortho intramolecular Hbond substituents is 1. The summed E-state index contributed by atoms with van der Waals surface area (Å²) in [5, 5.41) is 23.0. The second kappa shape index (κ2) is 5.36. The second-order valence-corrected chi connectivity index (χ2v) is 5.70. The predicted octanol–water partition coefficient (Wildman–Crippen LogP) is 0.728. The molecule has 1 aliphatic rings. The van der Waals surface area contributed by atoms with Crippen LogP contribution >= 0.6 is 0 Å². The van der Waals surface area contributed by atoms with Crippen LogP contribution in [0.25, 0.3) is 0 Å². The Bertz CT molecular complexity index is 446. The maximum Gasteiger partial charge on any atom is 0.127 e. The number of aliphatic hydroxyl groups is 1. The maximum absolute atomic E-state index is 10.3. The molecule has 1 aromatic carbocycles. The molecule has 2 unspecified atom stereocenters. The molecule has 19 heavy (non-hydrogen) atoms. The lowest BCUT2D eigenvalue weighted by molar-refractivity contribution is 0.0307. The molecular formula is C14H22N2O3. The van der Waals surface area contributed by atoms with E-state index < -0.39 is 5.60 Å². The third-order valence-electron chi connectivity index (χ3n) is 3.16. The summed E-state index contributed by atoms with van der Waals surface area (Å²) in [4.78, 5) is 1.96. The van der Waals surface area contributed by atoms with Gasteiger partial charge in [-0.05, 0) is 33.2 Å². The Labute approximate surface area is 113 Å². The number of hydrogen-bond acceptors (Lipinski definition) is 5. The largest absolute Gasteiger partial charge is 0.508 e. The van der Waals surface area contributed by atoms with Gasteiger partial charge < -0.3 is 25.2 Å². The van der Waals surface area contributed by atoms with Crippen molar-refractivity contribution in [1.29, 1.82) is 0 Å². The first kappa shape index (κ1) is 14.1. The van der Waals surface area contributed by atoms with Gasteiger partial charge in [-0.15, -0.1) is 0 Å². The van der Waals surface area contributed by atoms with Crippen molar-refractivity contribution in [2.45, 2.75) is 18.6 Å². The van der Waals surface area contributed by atoms with E-state index in [1.54, 1.807) is 12.1 Å². The van der Waals surface area contributed by atoms with E-state index in [1.165, 1.54) is 0 Å². The lowest BCUT2D eigenvalue weighted by Gasteiger charge is -2.28. The van der Waals surface area contributed by atoms with Crippen molar-refractivity contribution in [2.24, 2.45) is 0 Å². The molecule has 2 atom stereocenters. The fourth-order valence-electron chi connectivity index (χ4n) is 2.45. The SMILES string of the molecule is CN(C)CC(C)(O)CNC1COc2cc(O)ccc21. The molecule has 0 aliphatic carbocycles. The summed E-state index contributed by atoms with van der Waals surface area (Å²) in [6.45, 7) is 3.42. The highest BCUT2D eigenvalue weighted by Crippen LogP contribution is 2.34. The molecule has 1 heterocycles. The van der Waals surface area contributed by atoms with Crippen LogP contribution in [0.15, 0.2) is 18.2 Å². The molecule has 0 aromatic heterocycles. The molecule has 3 N–H and O–H groups in total. The molecule has 5 nitrogen and oxygen atoms in total. The van der Waals surface area contributed by atoms with E-state index in [-0.39, 0.29) is 11.8 Å². The monoisotopic (exact) mass is 266 g/mol. The third kappa shape index (κ3) is 3.59. The molecule has 0 fully saturated rings. The molecule has 1 aliphatic heterocycles. The van der Waals surface area contributed by atoms with E-state index in [2.05, 4.69) is 5.32 Å². The molecular weight excluding hydrogens is 244 g/mol. The Balaban J connectivity index is 1.96. The minimum Gasteiger partial charge on any atom is -0.508 e. The zero-order valence-electron chi connectivity index (χ0n) is 11.7. The molecule has 5 heteroatoms. The molecule has 106 valence electrons. The van der Waals surface area contributed by atoms with E-state index in [9.17, 15) is 10.2 Å². The topological polar surface area (TPSA) is 65.0 Å². The van der Waals surface area contributed by atoms with Gasteiger partial charge in [0.25, 0.3) is 0 Å². The fraction of sp³-hybridized carbons (Fsp3) is 0.571. The van der Waals surface area contributed by atoms with Crippen LogP contribution in [0.4, 0.5) is 0 Å². The van der Waals surface area contributed by atoms with Crippen molar-refractivity contribution >= 4 is 0 Å². The summed E-state index contributed by atoms with van der Waals surface area (Å²) >= 11 is 0. The standard InChI is InChI=1S/C14H22N2O3/c1-14(18,9-16(2)3)8-15-12-7-19-13-6-10(17)4-5-11(12)13/h4-6,12,15,17-18H,7-9H2,1-3H3. The summed E-state index contributed by atoms with van der Waals surface area (Å²) in [6.07, 6.45) is 0. The fourth-order valence-corrected chi connectivity index (χ4v) is 2.45. The van der Waals surface area contributed by atoms with Gasteiger partial charge in [0.1, 0.15) is 18.1 Å². The zero-order chi connectivity index (χ0) is 14.0. The Morgan fingerprint density at radius 2 is 2.21 bits per heavy atom. The predicted molar refractivity (Wildman–Crippen MR) is 73.5 cm³/mol. The normalized spacial score (nSPS) is 21.0. The number of nitrogens with one attached hydrogen (secondary N) is 1. The van der Waals surface area contributed by atoms with E-state index >= 15 is 0 Å². The molecule has 0 bridgehead atoms. The van der Waals surface area contributed by atoms with Crippen molar-refractivity contribution in [3.63, 3.8) is 0 Å². The number of rotatable bonds is 5. The molecule has 0 saturated carbocycles. The number of fused-ring (bicyclic) bond motifs is 1. The zero-order valence-corrected chi connectivity index (χ0v) is 11.7. The summed E-state index contributed by atoms with van der Waals surface area (Å²) < 4.78 is 5.52. The summed E-state index contributed by atoms with van der Waals surface area (Å²) in [5.74, 6) is 0.920. The number of nitrogens with zero attached hydrogens (tertiary/aromatic N) is 1. The Morgan fingerprint density at radius 1 is 1.47 bits per heavy atom. The quantitative estimate of drug-likeness (QED) is 0.733. The molecule has 0 saturated heterocycles. The van der Waals surface area contributed by atoms with Crippen LogP contribution in [0.3, 0.4) is 0 Å². The molecule has 1 aromatic rings. The number of aromatic hydroxyl groups is 1. The van der Waals surface area contributed by atoms with Crippen molar-refractivity contribution in [3.8, 4) is 11.5 Å². The van der Waals surface area contributed by atoms with E-state index in [0.29, 0.717) is 25.4 Å². The van der Waals surface area contributed by atoms with Crippen LogP contribution in [-0.4, -0.2) is 54.5 Å². The minimum absolute atomic E-state index is 0.0595. The van der Waals surface area contributed by atoms with Gasteiger partial charge in [0.05, 0.1) is 11.6 Å². The first-order valence-corrected chi connectivity index (χ1v) is 6.43. The first-order valence-electron chi connectivity index (χ1n) is 6.43. The van der Waals surface area contributed by atoms with E-state index in [1.807, 2.05) is 32.0 Å². The van der Waals surface area contributed by atoms with Gasteiger partial charge in [0.2, 0.25) is 0 Å². The lowest BCUT2D eigenvalue weighted by Crippen LogP contribution is -2.46. The van der Waals surface area contributed by atoms with Crippen molar-refractivity contribution in [2.75, 3.05) is 33.8 Å². The number of hydrogen-bond donors (Lipinski definition) is 3. The lowest BCUT2D eigenvalue weighted by atomic mass is 10.0. The van der Waals surface area contributed by atoms with Gasteiger partial charge in [0, 0.05) is 24.7 Å². The van der Waals surface area contributed by atoms with Gasteiger partial charge in [-0.25, -0.2) is 0 Å². The van der Waals surface area contributed by atoms with Gasteiger partial charge in [-0.1, -0.05) is 0 Å². The van der Waals surface area contributed by atoms with Gasteiger partial charge in [0.15, 0.2) is 0 Å². The van der Waals surface area contributed by atoms with Gasteiger partial charge >= 0.3 is 0 Å². The van der Waals surface area contributed by atoms with Crippen LogP contribution < -0.4 is 10.1 Å². The Hall–Kier alpha value is -1.30. The molecule has 2 rings (SSSR count). The smallest absolute Gasteiger partial charge is 0.127 e. The highest BCUT2D eigenvalue weighted by molar-refractivity contribution is 5.44. The number of ether oxygens (including phenoxy) is 1. The first-order chi connectivity index (χ1) is 8.87. The van der Waals surface area contributed by atoms with Gasteiger partial charge in [-0.2, -0.15) is 0 Å². The van der Waals surface area contributed by atoms with E-state index in [4.69, 9.17) is 4.74 Å². The van der Waals surface area contributed by atoms with Crippen molar-refractivity contribution < 1.29 is 14.9 Å². The second-order valence-electron chi connectivity index (χ2n) is 5.70. The summed E-state index contributed by atoms with van der Waals surface area (Å²) in [6, 6.07) is 5.19. The highest BCUT2D eigenvalue weighted by Gasteiger charge is 2.28. The van der Waals surface area contributed by atoms with Crippen molar-refractivity contribution in [3.05, 3.63) is 23.8 Å². The summed E-state index contributed by atoms with van der Waals surface area (Å²) in [5.41, 5.74) is 0.238. The van der Waals surface area contributed by atoms with Crippen LogP contribution in [0.5, 0.6) is 11.5 Å². The molecule has 0 spiro atoms. The minimum atomic E-state index is -0.789. The molecule has 0 radical (unpaired) electrons. The van der Waals surface area contributed by atoms with Crippen LogP contribution in [-0.2, 0) is 0 Å². The Morgan fingerprint density at radius 3 is 2.89 bits per heavy atom. The number of likely N-dealkylation sites (N-methyl/N-ethyl adjacent to an activating group) is 1. The summed E-state index contributed by atoms with van der Waals surface area (Å²) in [7, 11) is 3.87. The van der Waals surface area contributed by atoms with Crippen molar-refractivity contribution in [1.82, 2.24) is 10.2 Å². The maximum atomic E-state index is 10.3. The highest BCUT2D eigenvalue weighted by atomic mass is 16.5. The number of benzene rings is 1. The Kier molecular flexibility index (Phi) is 3.99.